The van der Waals surface area contributed by atoms with E-state index in [9.17, 15) is 18.4 Å². The average Bonchev–Trinajstić information content (AvgIpc) is 3.31. The molecule has 1 aliphatic rings. The van der Waals surface area contributed by atoms with Gasteiger partial charge < -0.3 is 15.1 Å². The number of carbonyl (C=O) groups excluding carboxylic acids is 2. The predicted octanol–water partition coefficient (Wildman–Crippen LogP) is 3.03. The molecule has 0 aliphatic carbocycles. The fourth-order valence-corrected chi connectivity index (χ4v) is 3.67. The summed E-state index contributed by atoms with van der Waals surface area (Å²) in [5.74, 6) is -2.25. The van der Waals surface area contributed by atoms with Crippen LogP contribution in [0, 0.1) is 11.6 Å². The average molecular weight is 429 g/mol. The molecule has 4 rings (SSSR count). The number of hydrogen-bond acceptors (Lipinski definition) is 6. The van der Waals surface area contributed by atoms with Gasteiger partial charge in [0.25, 0.3) is 11.8 Å². The molecule has 0 atom stereocenters. The van der Waals surface area contributed by atoms with Gasteiger partial charge in [-0.3, -0.25) is 9.59 Å². The fraction of sp³-hybridized carbons (Fsp3) is 0.200. The van der Waals surface area contributed by atoms with Crippen LogP contribution in [0.3, 0.4) is 0 Å². The van der Waals surface area contributed by atoms with Crippen LogP contribution in [-0.2, 0) is 0 Å². The molecule has 3 aromatic rings. The van der Waals surface area contributed by atoms with Crippen LogP contribution in [0.15, 0.2) is 48.8 Å². The summed E-state index contributed by atoms with van der Waals surface area (Å²) >= 11 is 0.947. The lowest BCUT2D eigenvalue weighted by atomic mass is 10.1. The van der Waals surface area contributed by atoms with E-state index in [1.165, 1.54) is 17.2 Å². The Morgan fingerprint density at radius 3 is 2.47 bits per heavy atom. The number of piperazine rings is 1. The lowest BCUT2D eigenvalue weighted by Gasteiger charge is -2.35. The highest BCUT2D eigenvalue weighted by Crippen LogP contribution is 2.23. The lowest BCUT2D eigenvalue weighted by Crippen LogP contribution is -2.49. The van der Waals surface area contributed by atoms with Gasteiger partial charge in [0.15, 0.2) is 0 Å². The van der Waals surface area contributed by atoms with Crippen LogP contribution in [0.5, 0.6) is 0 Å². The highest BCUT2D eigenvalue weighted by molar-refractivity contribution is 7.08. The number of halogens is 2. The topological polar surface area (TPSA) is 78.4 Å². The van der Waals surface area contributed by atoms with Gasteiger partial charge >= 0.3 is 0 Å². The monoisotopic (exact) mass is 429 g/mol. The molecule has 1 saturated heterocycles. The SMILES string of the molecule is O=C(Nc1cc(C(=O)N2CCN(c3ccccn3)CC2)c(F)cc1F)c1ccns1. The molecule has 0 unspecified atom stereocenters. The first-order valence-corrected chi connectivity index (χ1v) is 9.96. The number of nitrogens with one attached hydrogen (secondary N) is 1. The Morgan fingerprint density at radius 2 is 1.80 bits per heavy atom. The Hall–Kier alpha value is -3.40. The zero-order valence-corrected chi connectivity index (χ0v) is 16.5. The number of benzene rings is 1. The molecule has 0 spiro atoms. The molecule has 154 valence electrons. The van der Waals surface area contributed by atoms with E-state index in [1.54, 1.807) is 6.20 Å². The molecule has 2 aromatic heterocycles. The van der Waals surface area contributed by atoms with Gasteiger partial charge in [-0.25, -0.2) is 18.1 Å². The number of rotatable bonds is 4. The van der Waals surface area contributed by atoms with Gasteiger partial charge in [-0.1, -0.05) is 6.07 Å². The van der Waals surface area contributed by atoms with Crippen LogP contribution in [0.2, 0.25) is 0 Å². The Balaban J connectivity index is 1.48. The first-order chi connectivity index (χ1) is 14.5. The lowest BCUT2D eigenvalue weighted by molar-refractivity contribution is 0.0741. The maximum Gasteiger partial charge on any atom is 0.267 e. The first kappa shape index (κ1) is 19.9. The summed E-state index contributed by atoms with van der Waals surface area (Å²) in [6, 6.07) is 8.72. The number of anilines is 2. The second kappa shape index (κ2) is 8.54. The predicted molar refractivity (Wildman–Crippen MR) is 109 cm³/mol. The molecule has 0 saturated carbocycles. The number of hydrogen-bond donors (Lipinski definition) is 1. The molecule has 10 heteroatoms. The third-order valence-electron chi connectivity index (χ3n) is 4.74. The van der Waals surface area contributed by atoms with Crippen molar-refractivity contribution in [2.75, 3.05) is 36.4 Å². The summed E-state index contributed by atoms with van der Waals surface area (Å²) in [5, 5.41) is 2.37. The zero-order chi connectivity index (χ0) is 21.1. The van der Waals surface area contributed by atoms with Crippen LogP contribution in [0.25, 0.3) is 0 Å². The van der Waals surface area contributed by atoms with E-state index >= 15 is 0 Å². The van der Waals surface area contributed by atoms with Crippen molar-refractivity contribution in [1.82, 2.24) is 14.3 Å². The summed E-state index contributed by atoms with van der Waals surface area (Å²) in [5.41, 5.74) is -0.549. The summed E-state index contributed by atoms with van der Waals surface area (Å²) < 4.78 is 32.3. The van der Waals surface area contributed by atoms with Crippen LogP contribution in [-0.4, -0.2) is 52.3 Å². The molecule has 1 N–H and O–H groups in total. The van der Waals surface area contributed by atoms with E-state index < -0.39 is 23.4 Å². The Bertz CT molecular complexity index is 1050. The van der Waals surface area contributed by atoms with Crippen LogP contribution >= 0.6 is 11.5 Å². The number of amides is 2. The molecule has 1 aliphatic heterocycles. The summed E-state index contributed by atoms with van der Waals surface area (Å²) in [4.78, 5) is 33.1. The van der Waals surface area contributed by atoms with Crippen LogP contribution in [0.1, 0.15) is 20.0 Å². The van der Waals surface area contributed by atoms with E-state index in [0.29, 0.717) is 32.2 Å². The Kier molecular flexibility index (Phi) is 5.66. The number of nitrogens with zero attached hydrogens (tertiary/aromatic N) is 4. The van der Waals surface area contributed by atoms with Crippen molar-refractivity contribution in [3.63, 3.8) is 0 Å². The van der Waals surface area contributed by atoms with Crippen molar-refractivity contribution >= 4 is 34.9 Å². The van der Waals surface area contributed by atoms with Crippen molar-refractivity contribution in [2.24, 2.45) is 0 Å². The normalized spacial score (nSPS) is 13.9. The van der Waals surface area contributed by atoms with Gasteiger partial charge in [0, 0.05) is 44.6 Å². The number of pyridine rings is 1. The van der Waals surface area contributed by atoms with Gasteiger partial charge in [0.1, 0.15) is 22.3 Å². The van der Waals surface area contributed by atoms with E-state index in [4.69, 9.17) is 0 Å². The molecule has 1 aromatic carbocycles. The summed E-state index contributed by atoms with van der Waals surface area (Å²) in [6.07, 6.45) is 3.14. The maximum absolute atomic E-state index is 14.4. The van der Waals surface area contributed by atoms with Crippen LogP contribution in [0.4, 0.5) is 20.3 Å². The van der Waals surface area contributed by atoms with Gasteiger partial charge in [0.2, 0.25) is 0 Å². The quantitative estimate of drug-likeness (QED) is 0.690. The molecule has 7 nitrogen and oxygen atoms in total. The fourth-order valence-electron chi connectivity index (χ4n) is 3.18. The molecular weight excluding hydrogens is 412 g/mol. The van der Waals surface area contributed by atoms with Crippen molar-refractivity contribution < 1.29 is 18.4 Å². The standard InChI is InChI=1S/C20H17F2N5O2S/c21-14-12-15(22)16(25-19(28)17-4-6-24-30-17)11-13(14)20(29)27-9-7-26(8-10-27)18-3-1-2-5-23-18/h1-6,11-12H,7-10H2,(H,25,28). The number of carbonyl (C=O) groups is 2. The van der Waals surface area contributed by atoms with E-state index in [-0.39, 0.29) is 16.1 Å². The minimum Gasteiger partial charge on any atom is -0.353 e. The molecule has 1 fully saturated rings. The summed E-state index contributed by atoms with van der Waals surface area (Å²) in [6.45, 7) is 1.82. The van der Waals surface area contributed by atoms with Crippen LogP contribution < -0.4 is 10.2 Å². The molecule has 0 radical (unpaired) electrons. The summed E-state index contributed by atoms with van der Waals surface area (Å²) in [7, 11) is 0. The van der Waals surface area contributed by atoms with E-state index in [2.05, 4.69) is 14.7 Å². The molecular formula is C20H17F2N5O2S. The minimum absolute atomic E-state index is 0.259. The smallest absolute Gasteiger partial charge is 0.267 e. The highest BCUT2D eigenvalue weighted by atomic mass is 32.1. The van der Waals surface area contributed by atoms with Crippen molar-refractivity contribution in [3.05, 3.63) is 70.9 Å². The molecule has 2 amide bonds. The highest BCUT2D eigenvalue weighted by Gasteiger charge is 2.26. The van der Waals surface area contributed by atoms with Crippen molar-refractivity contribution in [1.29, 1.82) is 0 Å². The first-order valence-electron chi connectivity index (χ1n) is 9.19. The Morgan fingerprint density at radius 1 is 1.00 bits per heavy atom. The van der Waals surface area contributed by atoms with Crippen molar-refractivity contribution in [2.45, 2.75) is 0 Å². The van der Waals surface area contributed by atoms with Gasteiger partial charge in [-0.2, -0.15) is 0 Å². The van der Waals surface area contributed by atoms with Gasteiger partial charge in [-0.05, 0) is 35.8 Å². The van der Waals surface area contributed by atoms with Gasteiger partial charge in [0.05, 0.1) is 11.3 Å². The van der Waals surface area contributed by atoms with E-state index in [1.807, 2.05) is 23.1 Å². The molecule has 30 heavy (non-hydrogen) atoms. The number of aromatic nitrogens is 2. The molecule has 0 bridgehead atoms. The van der Waals surface area contributed by atoms with E-state index in [0.717, 1.165) is 23.4 Å². The third kappa shape index (κ3) is 4.13. The Labute approximate surface area is 175 Å². The third-order valence-corrected chi connectivity index (χ3v) is 5.48. The minimum atomic E-state index is -0.972. The second-order valence-corrected chi connectivity index (χ2v) is 7.44. The maximum atomic E-state index is 14.4. The second-order valence-electron chi connectivity index (χ2n) is 6.61. The largest absolute Gasteiger partial charge is 0.353 e. The zero-order valence-electron chi connectivity index (χ0n) is 15.7. The van der Waals surface area contributed by atoms with Gasteiger partial charge in [-0.15, -0.1) is 0 Å². The molecule has 3 heterocycles. The van der Waals surface area contributed by atoms with Crippen molar-refractivity contribution in [3.8, 4) is 0 Å².